The Morgan fingerprint density at radius 3 is 2.76 bits per heavy atom. The molecule has 1 amide bonds. The summed E-state index contributed by atoms with van der Waals surface area (Å²) >= 11 is 0. The van der Waals surface area contributed by atoms with Crippen LogP contribution in [0.5, 0.6) is 5.75 Å². The van der Waals surface area contributed by atoms with Gasteiger partial charge in [-0.2, -0.15) is 10.4 Å². The molecule has 0 spiro atoms. The number of carbonyl (C=O) groups is 1. The Hall–Kier alpha value is -2.81. The number of amides is 1. The van der Waals surface area contributed by atoms with Crippen LogP contribution in [-0.2, 0) is 0 Å². The van der Waals surface area contributed by atoms with Gasteiger partial charge in [-0.15, -0.1) is 0 Å². The van der Waals surface area contributed by atoms with E-state index in [4.69, 9.17) is 10.00 Å². The molecule has 1 heterocycles. The number of nitriles is 1. The number of para-hydroxylation sites is 1. The second kappa shape index (κ2) is 7.39. The van der Waals surface area contributed by atoms with E-state index in [0.29, 0.717) is 24.6 Å². The van der Waals surface area contributed by atoms with Crippen molar-refractivity contribution in [2.75, 3.05) is 13.7 Å². The minimum absolute atomic E-state index is 0.104. The third-order valence-electron chi connectivity index (χ3n) is 4.65. The van der Waals surface area contributed by atoms with Gasteiger partial charge in [0.2, 0.25) is 0 Å². The van der Waals surface area contributed by atoms with Crippen molar-refractivity contribution in [3.05, 3.63) is 42.2 Å². The lowest BCUT2D eigenvalue weighted by Gasteiger charge is -2.28. The van der Waals surface area contributed by atoms with Gasteiger partial charge in [-0.05, 0) is 37.8 Å². The Kier molecular flexibility index (Phi) is 5.03. The summed E-state index contributed by atoms with van der Waals surface area (Å²) in [4.78, 5) is 14.9. The first kappa shape index (κ1) is 17.0. The molecule has 6 heteroatoms. The lowest BCUT2D eigenvalue weighted by molar-refractivity contribution is 0.0667. The van der Waals surface area contributed by atoms with Crippen LogP contribution in [0, 0.1) is 17.2 Å². The Morgan fingerprint density at radius 2 is 2.16 bits per heavy atom. The summed E-state index contributed by atoms with van der Waals surface area (Å²) in [5.74, 6) is 0.782. The van der Waals surface area contributed by atoms with Crippen molar-refractivity contribution in [2.24, 2.45) is 5.92 Å². The fraction of sp³-hybridized carbons (Fsp3) is 0.421. The molecule has 2 aromatic rings. The molecular formula is C19H22N4O2. The van der Waals surface area contributed by atoms with Crippen molar-refractivity contribution in [3.63, 3.8) is 0 Å². The van der Waals surface area contributed by atoms with Crippen LogP contribution in [0.3, 0.4) is 0 Å². The molecule has 0 aliphatic heterocycles. The van der Waals surface area contributed by atoms with Crippen LogP contribution in [0.25, 0.3) is 5.69 Å². The molecule has 0 radical (unpaired) electrons. The normalized spacial score (nSPS) is 14.6. The number of rotatable bonds is 7. The van der Waals surface area contributed by atoms with Crippen LogP contribution >= 0.6 is 0 Å². The molecule has 0 saturated heterocycles. The number of nitrogens with zero attached hydrogens (tertiary/aromatic N) is 4. The van der Waals surface area contributed by atoms with E-state index in [1.54, 1.807) is 15.8 Å². The van der Waals surface area contributed by atoms with Crippen LogP contribution in [0.1, 0.15) is 36.7 Å². The standard InChI is InChI=1S/C19H22N4O2/c1-14(15-9-10-15)22(12-6-11-20)19(24)18-17(25-2)13-23(21-18)16-7-4-3-5-8-16/h3-5,7-8,13-15H,6,9-10,12H2,1-2H3/t14-/m1/s1. The Labute approximate surface area is 147 Å². The first-order chi connectivity index (χ1) is 12.2. The van der Waals surface area contributed by atoms with E-state index in [2.05, 4.69) is 11.2 Å². The zero-order valence-corrected chi connectivity index (χ0v) is 14.6. The number of hydrogen-bond acceptors (Lipinski definition) is 4. The van der Waals surface area contributed by atoms with Crippen molar-refractivity contribution < 1.29 is 9.53 Å². The molecule has 3 rings (SSSR count). The molecule has 0 N–H and O–H groups in total. The maximum absolute atomic E-state index is 13.1. The van der Waals surface area contributed by atoms with Crippen molar-refractivity contribution in [3.8, 4) is 17.5 Å². The van der Waals surface area contributed by atoms with E-state index < -0.39 is 0 Å². The predicted octanol–water partition coefficient (Wildman–Crippen LogP) is 3.04. The van der Waals surface area contributed by atoms with E-state index in [0.717, 1.165) is 18.5 Å². The van der Waals surface area contributed by atoms with Gasteiger partial charge in [-0.1, -0.05) is 18.2 Å². The number of hydrogen-bond donors (Lipinski definition) is 0. The van der Waals surface area contributed by atoms with E-state index in [1.807, 2.05) is 37.3 Å². The number of carbonyl (C=O) groups excluding carboxylic acids is 1. The maximum atomic E-state index is 13.1. The average molecular weight is 338 g/mol. The molecule has 1 aromatic heterocycles. The maximum Gasteiger partial charge on any atom is 0.278 e. The Bertz CT molecular complexity index is 774. The van der Waals surface area contributed by atoms with Gasteiger partial charge in [0, 0.05) is 12.6 Å². The highest BCUT2D eigenvalue weighted by Gasteiger charge is 2.36. The van der Waals surface area contributed by atoms with Gasteiger partial charge in [-0.25, -0.2) is 4.68 Å². The quantitative estimate of drug-likeness (QED) is 0.778. The molecule has 1 aromatic carbocycles. The highest BCUT2D eigenvalue weighted by molar-refractivity contribution is 5.95. The third kappa shape index (κ3) is 3.66. The third-order valence-corrected chi connectivity index (χ3v) is 4.65. The summed E-state index contributed by atoms with van der Waals surface area (Å²) < 4.78 is 7.03. The average Bonchev–Trinajstić information content (AvgIpc) is 3.41. The van der Waals surface area contributed by atoms with E-state index in [1.165, 1.54) is 7.11 Å². The summed E-state index contributed by atoms with van der Waals surface area (Å²) in [5, 5.41) is 13.4. The molecule has 1 aliphatic rings. The summed E-state index contributed by atoms with van der Waals surface area (Å²) in [6.45, 7) is 2.46. The number of benzene rings is 1. The molecule has 6 nitrogen and oxygen atoms in total. The lowest BCUT2D eigenvalue weighted by Crippen LogP contribution is -2.41. The fourth-order valence-corrected chi connectivity index (χ4v) is 3.00. The second-order valence-corrected chi connectivity index (χ2v) is 6.31. The van der Waals surface area contributed by atoms with Gasteiger partial charge in [-0.3, -0.25) is 4.79 Å². The van der Waals surface area contributed by atoms with E-state index >= 15 is 0 Å². The molecule has 1 saturated carbocycles. The first-order valence-corrected chi connectivity index (χ1v) is 8.52. The number of aromatic nitrogens is 2. The molecule has 25 heavy (non-hydrogen) atoms. The van der Waals surface area contributed by atoms with Gasteiger partial charge in [0.05, 0.1) is 31.5 Å². The van der Waals surface area contributed by atoms with Crippen molar-refractivity contribution in [2.45, 2.75) is 32.2 Å². The SMILES string of the molecule is COc1cn(-c2ccccc2)nc1C(=O)N(CCC#N)[C@H](C)C1CC1. The van der Waals surface area contributed by atoms with Crippen LogP contribution < -0.4 is 4.74 Å². The predicted molar refractivity (Wildman–Crippen MR) is 93.6 cm³/mol. The lowest BCUT2D eigenvalue weighted by atomic mass is 10.1. The minimum atomic E-state index is -0.179. The number of methoxy groups -OCH3 is 1. The van der Waals surface area contributed by atoms with Gasteiger partial charge in [0.25, 0.3) is 5.91 Å². The van der Waals surface area contributed by atoms with Crippen LogP contribution in [-0.4, -0.2) is 40.3 Å². The highest BCUT2D eigenvalue weighted by Crippen LogP contribution is 2.36. The molecule has 0 bridgehead atoms. The molecular weight excluding hydrogens is 316 g/mol. The number of ether oxygens (including phenoxy) is 1. The van der Waals surface area contributed by atoms with Crippen LogP contribution in [0.15, 0.2) is 36.5 Å². The smallest absolute Gasteiger partial charge is 0.278 e. The molecule has 1 fully saturated rings. The van der Waals surface area contributed by atoms with Crippen molar-refractivity contribution in [1.82, 2.24) is 14.7 Å². The fourth-order valence-electron chi connectivity index (χ4n) is 3.00. The van der Waals surface area contributed by atoms with E-state index in [9.17, 15) is 4.79 Å². The zero-order chi connectivity index (χ0) is 17.8. The molecule has 1 atom stereocenters. The van der Waals surface area contributed by atoms with Crippen molar-refractivity contribution in [1.29, 1.82) is 5.26 Å². The molecule has 1 aliphatic carbocycles. The van der Waals surface area contributed by atoms with Gasteiger partial charge in [0.1, 0.15) is 0 Å². The van der Waals surface area contributed by atoms with Gasteiger partial charge in [0.15, 0.2) is 11.4 Å². The monoisotopic (exact) mass is 338 g/mol. The van der Waals surface area contributed by atoms with Crippen molar-refractivity contribution >= 4 is 5.91 Å². The van der Waals surface area contributed by atoms with Crippen LogP contribution in [0.2, 0.25) is 0 Å². The summed E-state index contributed by atoms with van der Waals surface area (Å²) in [7, 11) is 1.53. The topological polar surface area (TPSA) is 71.2 Å². The minimum Gasteiger partial charge on any atom is -0.493 e. The highest BCUT2D eigenvalue weighted by atomic mass is 16.5. The van der Waals surface area contributed by atoms with Gasteiger partial charge >= 0.3 is 0 Å². The summed E-state index contributed by atoms with van der Waals surface area (Å²) in [5.41, 5.74) is 1.15. The Balaban J connectivity index is 1.91. The van der Waals surface area contributed by atoms with Gasteiger partial charge < -0.3 is 9.64 Å². The molecule has 130 valence electrons. The summed E-state index contributed by atoms with van der Waals surface area (Å²) in [6, 6.07) is 11.8. The molecule has 0 unspecified atom stereocenters. The van der Waals surface area contributed by atoms with Crippen LogP contribution in [0.4, 0.5) is 0 Å². The second-order valence-electron chi connectivity index (χ2n) is 6.31. The zero-order valence-electron chi connectivity index (χ0n) is 14.6. The first-order valence-electron chi connectivity index (χ1n) is 8.52. The van der Waals surface area contributed by atoms with E-state index in [-0.39, 0.29) is 17.6 Å². The largest absolute Gasteiger partial charge is 0.493 e. The summed E-state index contributed by atoms with van der Waals surface area (Å²) in [6.07, 6.45) is 4.29. The Morgan fingerprint density at radius 1 is 1.44 bits per heavy atom.